The van der Waals surface area contributed by atoms with Crippen LogP contribution in [0, 0.1) is 0 Å². The number of halogens is 5. The fraction of sp³-hybridized carbons (Fsp3) is 0.222. The first kappa shape index (κ1) is 22.4. The van der Waals surface area contributed by atoms with Gasteiger partial charge in [-0.15, -0.1) is 10.2 Å². The smallest absolute Gasteiger partial charge is 0.356 e. The summed E-state index contributed by atoms with van der Waals surface area (Å²) in [6.07, 6.45) is -3.33. The van der Waals surface area contributed by atoms with Gasteiger partial charge in [0.2, 0.25) is 11.1 Å². The number of pyridine rings is 1. The summed E-state index contributed by atoms with van der Waals surface area (Å²) >= 11 is 13.2. The maximum atomic E-state index is 12.8. The molecule has 0 bridgehead atoms. The Labute approximate surface area is 183 Å². The Morgan fingerprint density at radius 3 is 2.53 bits per heavy atom. The van der Waals surface area contributed by atoms with Crippen molar-refractivity contribution in [3.05, 3.63) is 58.0 Å². The standard InChI is InChI=1S/C18H14Cl2F3N5OS/c1-10(29)24-7-6-15-26-27-17(28(15)12-3-4-13(19)14(20)8-12)30-16-5-2-11(9-25-16)18(21,22)23/h2-5,8-9H,6-7H2,1H3,(H,24,29). The molecule has 0 spiro atoms. The molecule has 0 atom stereocenters. The van der Waals surface area contributed by atoms with Gasteiger partial charge in [0.05, 0.1) is 21.3 Å². The molecule has 0 saturated carbocycles. The summed E-state index contributed by atoms with van der Waals surface area (Å²) in [7, 11) is 0. The van der Waals surface area contributed by atoms with E-state index in [9.17, 15) is 18.0 Å². The Hall–Kier alpha value is -2.30. The van der Waals surface area contributed by atoms with Crippen molar-refractivity contribution in [1.29, 1.82) is 0 Å². The summed E-state index contributed by atoms with van der Waals surface area (Å²) in [5.41, 5.74) is -0.226. The van der Waals surface area contributed by atoms with Crippen LogP contribution in [-0.4, -0.2) is 32.2 Å². The minimum Gasteiger partial charge on any atom is -0.356 e. The monoisotopic (exact) mass is 475 g/mol. The normalized spacial score (nSPS) is 11.5. The SMILES string of the molecule is CC(=O)NCCc1nnc(Sc2ccc(C(F)(F)F)cn2)n1-c1ccc(Cl)c(Cl)c1. The Morgan fingerprint density at radius 1 is 1.17 bits per heavy atom. The lowest BCUT2D eigenvalue weighted by atomic mass is 10.3. The average Bonchev–Trinajstić information content (AvgIpc) is 3.06. The van der Waals surface area contributed by atoms with E-state index in [-0.39, 0.29) is 5.91 Å². The van der Waals surface area contributed by atoms with E-state index < -0.39 is 11.7 Å². The van der Waals surface area contributed by atoms with Gasteiger partial charge in [0.15, 0.2) is 0 Å². The Bertz CT molecular complexity index is 1060. The molecule has 6 nitrogen and oxygen atoms in total. The third-order valence-corrected chi connectivity index (χ3v) is 5.48. The van der Waals surface area contributed by atoms with Crippen LogP contribution in [0.25, 0.3) is 5.69 Å². The molecule has 2 heterocycles. The first-order valence-corrected chi connectivity index (χ1v) is 10.1. The molecule has 2 aromatic heterocycles. The van der Waals surface area contributed by atoms with Crippen molar-refractivity contribution in [2.24, 2.45) is 0 Å². The number of amides is 1. The number of aromatic nitrogens is 4. The number of rotatable bonds is 6. The number of nitrogens with zero attached hydrogens (tertiary/aromatic N) is 4. The largest absolute Gasteiger partial charge is 0.417 e. The van der Waals surface area contributed by atoms with E-state index in [0.29, 0.717) is 44.7 Å². The van der Waals surface area contributed by atoms with Gasteiger partial charge in [-0.1, -0.05) is 23.2 Å². The molecule has 1 aromatic carbocycles. The van der Waals surface area contributed by atoms with Crippen LogP contribution in [0.2, 0.25) is 10.0 Å². The van der Waals surface area contributed by atoms with Crippen molar-refractivity contribution >= 4 is 40.9 Å². The summed E-state index contributed by atoms with van der Waals surface area (Å²) < 4.78 is 40.0. The highest BCUT2D eigenvalue weighted by Gasteiger charge is 2.30. The molecule has 1 N–H and O–H groups in total. The van der Waals surface area contributed by atoms with Crippen LogP contribution in [0.15, 0.2) is 46.7 Å². The second kappa shape index (κ2) is 9.23. The third-order valence-electron chi connectivity index (χ3n) is 3.84. The van der Waals surface area contributed by atoms with Gasteiger partial charge < -0.3 is 5.32 Å². The maximum absolute atomic E-state index is 12.8. The third kappa shape index (κ3) is 5.44. The highest BCUT2D eigenvalue weighted by atomic mass is 35.5. The maximum Gasteiger partial charge on any atom is 0.417 e. The second-order valence-corrected chi connectivity index (χ2v) is 7.85. The molecule has 0 unspecified atom stereocenters. The van der Waals surface area contributed by atoms with Crippen LogP contribution in [0.1, 0.15) is 18.3 Å². The topological polar surface area (TPSA) is 72.7 Å². The van der Waals surface area contributed by atoms with Crippen LogP contribution in [0.4, 0.5) is 13.2 Å². The van der Waals surface area contributed by atoms with Gasteiger partial charge in [-0.2, -0.15) is 13.2 Å². The predicted molar refractivity (Wildman–Crippen MR) is 107 cm³/mol. The van der Waals surface area contributed by atoms with Crippen molar-refractivity contribution in [2.75, 3.05) is 6.54 Å². The molecule has 0 aliphatic rings. The molecule has 3 rings (SSSR count). The van der Waals surface area contributed by atoms with Crippen LogP contribution in [0.5, 0.6) is 0 Å². The minimum atomic E-state index is -4.47. The Morgan fingerprint density at radius 2 is 1.93 bits per heavy atom. The van der Waals surface area contributed by atoms with Gasteiger partial charge in [0.25, 0.3) is 0 Å². The average molecular weight is 476 g/mol. The van der Waals surface area contributed by atoms with E-state index in [1.165, 1.54) is 13.0 Å². The number of alkyl halides is 3. The molecule has 0 aliphatic carbocycles. The summed E-state index contributed by atoms with van der Waals surface area (Å²) in [6, 6.07) is 7.16. The zero-order valence-electron chi connectivity index (χ0n) is 15.4. The molecule has 0 aliphatic heterocycles. The van der Waals surface area contributed by atoms with Gasteiger partial charge in [0.1, 0.15) is 10.9 Å². The van der Waals surface area contributed by atoms with Crippen LogP contribution in [-0.2, 0) is 17.4 Å². The van der Waals surface area contributed by atoms with Crippen molar-refractivity contribution in [3.8, 4) is 5.69 Å². The van der Waals surface area contributed by atoms with E-state index in [1.54, 1.807) is 22.8 Å². The lowest BCUT2D eigenvalue weighted by Crippen LogP contribution is -2.23. The number of hydrogen-bond acceptors (Lipinski definition) is 5. The van der Waals surface area contributed by atoms with Gasteiger partial charge in [-0.05, 0) is 42.1 Å². The first-order valence-electron chi connectivity index (χ1n) is 8.50. The van der Waals surface area contributed by atoms with Crippen molar-refractivity contribution < 1.29 is 18.0 Å². The molecule has 0 saturated heterocycles. The highest BCUT2D eigenvalue weighted by molar-refractivity contribution is 7.99. The number of carbonyl (C=O) groups excluding carboxylic acids is 1. The van der Waals surface area contributed by atoms with Crippen molar-refractivity contribution in [2.45, 2.75) is 29.7 Å². The van der Waals surface area contributed by atoms with E-state index in [1.807, 2.05) is 0 Å². The molecule has 12 heteroatoms. The van der Waals surface area contributed by atoms with Gasteiger partial charge in [-0.3, -0.25) is 9.36 Å². The van der Waals surface area contributed by atoms with E-state index in [4.69, 9.17) is 23.2 Å². The Kier molecular flexibility index (Phi) is 6.89. The number of benzene rings is 1. The Balaban J connectivity index is 1.94. The number of hydrogen-bond donors (Lipinski definition) is 1. The molecule has 0 radical (unpaired) electrons. The fourth-order valence-corrected chi connectivity index (χ4v) is 3.57. The number of carbonyl (C=O) groups is 1. The molecule has 3 aromatic rings. The van der Waals surface area contributed by atoms with Crippen LogP contribution >= 0.6 is 35.0 Å². The zero-order chi connectivity index (χ0) is 21.9. The van der Waals surface area contributed by atoms with E-state index >= 15 is 0 Å². The molecule has 1 amide bonds. The van der Waals surface area contributed by atoms with Crippen molar-refractivity contribution in [3.63, 3.8) is 0 Å². The van der Waals surface area contributed by atoms with Gasteiger partial charge >= 0.3 is 6.18 Å². The van der Waals surface area contributed by atoms with Crippen LogP contribution < -0.4 is 5.32 Å². The second-order valence-electron chi connectivity index (χ2n) is 6.05. The van der Waals surface area contributed by atoms with Gasteiger partial charge in [-0.25, -0.2) is 4.98 Å². The first-order chi connectivity index (χ1) is 14.1. The summed E-state index contributed by atoms with van der Waals surface area (Å²) in [5.74, 6) is 0.343. The van der Waals surface area contributed by atoms with E-state index in [2.05, 4.69) is 20.5 Å². The molecule has 30 heavy (non-hydrogen) atoms. The fourth-order valence-electron chi connectivity index (χ4n) is 2.46. The van der Waals surface area contributed by atoms with E-state index in [0.717, 1.165) is 24.0 Å². The molecule has 0 fully saturated rings. The van der Waals surface area contributed by atoms with Gasteiger partial charge in [0, 0.05) is 26.1 Å². The molecular formula is C18H14Cl2F3N5OS. The summed E-state index contributed by atoms with van der Waals surface area (Å²) in [4.78, 5) is 15.0. The molecule has 158 valence electrons. The number of nitrogens with one attached hydrogen (secondary N) is 1. The lowest BCUT2D eigenvalue weighted by Gasteiger charge is -2.11. The molecular weight excluding hydrogens is 462 g/mol. The summed E-state index contributed by atoms with van der Waals surface area (Å²) in [6.45, 7) is 1.74. The quantitative estimate of drug-likeness (QED) is 0.553. The zero-order valence-corrected chi connectivity index (χ0v) is 17.7. The summed E-state index contributed by atoms with van der Waals surface area (Å²) in [5, 5.41) is 12.3. The lowest BCUT2D eigenvalue weighted by molar-refractivity contribution is -0.137. The van der Waals surface area contributed by atoms with Crippen LogP contribution in [0.3, 0.4) is 0 Å². The predicted octanol–water partition coefficient (Wildman–Crippen LogP) is 4.82. The highest BCUT2D eigenvalue weighted by Crippen LogP contribution is 2.33. The minimum absolute atomic E-state index is 0.181. The van der Waals surface area contributed by atoms with Crippen molar-refractivity contribution in [1.82, 2.24) is 25.1 Å².